The summed E-state index contributed by atoms with van der Waals surface area (Å²) in [6.07, 6.45) is 1.16. The van der Waals surface area contributed by atoms with Gasteiger partial charge < -0.3 is 16.0 Å². The molecule has 0 atom stereocenters. The lowest BCUT2D eigenvalue weighted by atomic mass is 10.0. The number of benzene rings is 2. The van der Waals surface area contributed by atoms with Gasteiger partial charge in [-0.2, -0.15) is 11.3 Å². The summed E-state index contributed by atoms with van der Waals surface area (Å²) in [6, 6.07) is 12.1. The average molecular weight is 427 g/mol. The molecule has 2 aromatic carbocycles. The number of imidazole rings is 1. The van der Waals surface area contributed by atoms with Gasteiger partial charge in [-0.3, -0.25) is 4.79 Å². The summed E-state index contributed by atoms with van der Waals surface area (Å²) in [6.45, 7) is 0.257. The number of hydrogen-bond acceptors (Lipinski definition) is 6. The fourth-order valence-corrected chi connectivity index (χ4v) is 4.33. The molecule has 0 saturated heterocycles. The van der Waals surface area contributed by atoms with E-state index in [0.29, 0.717) is 16.6 Å². The minimum Gasteiger partial charge on any atom is -0.369 e. The molecule has 0 spiro atoms. The van der Waals surface area contributed by atoms with E-state index in [1.807, 2.05) is 22.9 Å². The lowest BCUT2D eigenvalue weighted by molar-refractivity contribution is 0.0952. The zero-order valence-electron chi connectivity index (χ0n) is 15.5. The van der Waals surface area contributed by atoms with Gasteiger partial charge >= 0.3 is 0 Å². The van der Waals surface area contributed by atoms with Crippen LogP contribution in [-0.2, 0) is 16.4 Å². The Bertz CT molecular complexity index is 1290. The molecule has 7 nitrogen and oxygen atoms in total. The van der Waals surface area contributed by atoms with Crippen LogP contribution in [0.3, 0.4) is 0 Å². The van der Waals surface area contributed by atoms with E-state index >= 15 is 0 Å². The number of aromatic nitrogens is 2. The summed E-state index contributed by atoms with van der Waals surface area (Å²) in [5, 5.41) is 6.85. The minimum atomic E-state index is -3.25. The molecular weight excluding hydrogens is 408 g/mol. The molecule has 0 saturated carbocycles. The van der Waals surface area contributed by atoms with Gasteiger partial charge in [0.1, 0.15) is 5.52 Å². The van der Waals surface area contributed by atoms with Crippen LogP contribution in [0.4, 0.5) is 5.95 Å². The summed E-state index contributed by atoms with van der Waals surface area (Å²) in [7, 11) is -3.25. The Hall–Kier alpha value is -3.17. The number of nitrogens with one attached hydrogen (secondary N) is 2. The highest BCUT2D eigenvalue weighted by atomic mass is 32.2. The third-order valence-electron chi connectivity index (χ3n) is 4.51. The second-order valence-electron chi connectivity index (χ2n) is 6.65. The molecule has 4 rings (SSSR count). The van der Waals surface area contributed by atoms with Crippen molar-refractivity contribution in [3.63, 3.8) is 0 Å². The molecule has 0 fully saturated rings. The van der Waals surface area contributed by atoms with E-state index in [2.05, 4.69) is 15.3 Å². The van der Waals surface area contributed by atoms with Crippen molar-refractivity contribution < 1.29 is 13.2 Å². The van der Waals surface area contributed by atoms with E-state index < -0.39 is 9.84 Å². The molecule has 0 aliphatic rings. The fraction of sp³-hybridized carbons (Fsp3) is 0.100. The Morgan fingerprint density at radius 3 is 2.59 bits per heavy atom. The monoisotopic (exact) mass is 426 g/mol. The number of anilines is 1. The van der Waals surface area contributed by atoms with Crippen LogP contribution >= 0.6 is 11.3 Å². The second kappa shape index (κ2) is 7.34. The van der Waals surface area contributed by atoms with Gasteiger partial charge in [0, 0.05) is 12.8 Å². The van der Waals surface area contributed by atoms with E-state index in [9.17, 15) is 13.2 Å². The number of sulfone groups is 1. The first kappa shape index (κ1) is 19.2. The van der Waals surface area contributed by atoms with Gasteiger partial charge in [0.25, 0.3) is 5.91 Å². The molecule has 2 aromatic heterocycles. The van der Waals surface area contributed by atoms with E-state index in [4.69, 9.17) is 5.73 Å². The molecule has 2 heterocycles. The summed E-state index contributed by atoms with van der Waals surface area (Å²) < 4.78 is 23.1. The summed E-state index contributed by atoms with van der Waals surface area (Å²) in [5.74, 6) is -0.0429. The van der Waals surface area contributed by atoms with Crippen LogP contribution < -0.4 is 11.1 Å². The van der Waals surface area contributed by atoms with Gasteiger partial charge in [0.15, 0.2) is 15.8 Å². The van der Waals surface area contributed by atoms with Crippen molar-refractivity contribution in [1.82, 2.24) is 15.3 Å². The third-order valence-corrected chi connectivity index (χ3v) is 6.32. The third kappa shape index (κ3) is 4.01. The number of H-pyrrole nitrogens is 1. The van der Waals surface area contributed by atoms with E-state index in [-0.39, 0.29) is 23.3 Å². The predicted molar refractivity (Wildman–Crippen MR) is 115 cm³/mol. The molecule has 148 valence electrons. The van der Waals surface area contributed by atoms with Gasteiger partial charge in [0.2, 0.25) is 0 Å². The maximum absolute atomic E-state index is 12.9. The van der Waals surface area contributed by atoms with Crippen LogP contribution in [0.1, 0.15) is 15.9 Å². The maximum atomic E-state index is 12.9. The molecule has 29 heavy (non-hydrogen) atoms. The molecule has 0 aliphatic heterocycles. The highest BCUT2D eigenvalue weighted by Gasteiger charge is 2.16. The van der Waals surface area contributed by atoms with Crippen molar-refractivity contribution in [2.24, 2.45) is 0 Å². The van der Waals surface area contributed by atoms with Crippen molar-refractivity contribution >= 4 is 44.1 Å². The first-order valence-electron chi connectivity index (χ1n) is 8.70. The van der Waals surface area contributed by atoms with Crippen LogP contribution in [0.2, 0.25) is 0 Å². The zero-order valence-corrected chi connectivity index (χ0v) is 17.1. The molecule has 0 radical (unpaired) electrons. The zero-order chi connectivity index (χ0) is 20.6. The van der Waals surface area contributed by atoms with Crippen molar-refractivity contribution in [3.8, 4) is 11.1 Å². The standard InChI is InChI=1S/C20H18N4O3S2/c1-29(26,27)15-4-2-12(3-5-15)10-22-19(25)16-8-14(13-6-7-28-11-13)9-17-18(16)24-20(21)23-17/h2-9,11H,10H2,1H3,(H,22,25)(H3,21,23,24). The Morgan fingerprint density at radius 1 is 1.17 bits per heavy atom. The Labute approximate surface area is 171 Å². The Morgan fingerprint density at radius 2 is 1.93 bits per heavy atom. The molecule has 0 bridgehead atoms. The van der Waals surface area contributed by atoms with Gasteiger partial charge in [0.05, 0.1) is 16.0 Å². The topological polar surface area (TPSA) is 118 Å². The minimum absolute atomic E-state index is 0.241. The second-order valence-corrected chi connectivity index (χ2v) is 9.45. The summed E-state index contributed by atoms with van der Waals surface area (Å²) >= 11 is 1.58. The van der Waals surface area contributed by atoms with Gasteiger partial charge in [-0.05, 0) is 57.8 Å². The van der Waals surface area contributed by atoms with Crippen LogP contribution in [0.25, 0.3) is 22.2 Å². The van der Waals surface area contributed by atoms with Gasteiger partial charge in [-0.25, -0.2) is 13.4 Å². The van der Waals surface area contributed by atoms with Crippen molar-refractivity contribution in [2.45, 2.75) is 11.4 Å². The SMILES string of the molecule is CS(=O)(=O)c1ccc(CNC(=O)c2cc(-c3ccsc3)cc3[nH]c(N)nc23)cc1. The van der Waals surface area contributed by atoms with Crippen molar-refractivity contribution in [3.05, 3.63) is 64.4 Å². The summed E-state index contributed by atoms with van der Waals surface area (Å²) in [4.78, 5) is 20.4. The lowest BCUT2D eigenvalue weighted by Gasteiger charge is -2.09. The number of rotatable bonds is 5. The molecule has 4 aromatic rings. The number of nitrogens with two attached hydrogens (primary N) is 1. The number of amides is 1. The molecule has 9 heteroatoms. The molecule has 0 aliphatic carbocycles. The first-order valence-corrected chi connectivity index (χ1v) is 11.5. The number of fused-ring (bicyclic) bond motifs is 1. The van der Waals surface area contributed by atoms with E-state index in [1.165, 1.54) is 12.1 Å². The van der Waals surface area contributed by atoms with Crippen LogP contribution in [-0.4, -0.2) is 30.5 Å². The van der Waals surface area contributed by atoms with Crippen molar-refractivity contribution in [2.75, 3.05) is 12.0 Å². The number of carbonyl (C=O) groups is 1. The summed E-state index contributed by atoms with van der Waals surface area (Å²) in [5.41, 5.74) is 10.1. The fourth-order valence-electron chi connectivity index (χ4n) is 3.04. The Balaban J connectivity index is 1.61. The quantitative estimate of drug-likeness (QED) is 0.453. The van der Waals surface area contributed by atoms with Crippen LogP contribution in [0.15, 0.2) is 58.1 Å². The van der Waals surface area contributed by atoms with Gasteiger partial charge in [-0.1, -0.05) is 12.1 Å². The normalized spacial score (nSPS) is 11.6. The lowest BCUT2D eigenvalue weighted by Crippen LogP contribution is -2.23. The highest BCUT2D eigenvalue weighted by Crippen LogP contribution is 2.28. The number of hydrogen-bond donors (Lipinski definition) is 3. The Kier molecular flexibility index (Phi) is 4.85. The molecule has 4 N–H and O–H groups in total. The van der Waals surface area contributed by atoms with Crippen molar-refractivity contribution in [1.29, 1.82) is 0 Å². The first-order chi connectivity index (χ1) is 13.8. The molecule has 1 amide bonds. The number of aromatic amines is 1. The molecular formula is C20H18N4O3S2. The van der Waals surface area contributed by atoms with E-state index in [0.717, 1.165) is 22.9 Å². The van der Waals surface area contributed by atoms with Crippen LogP contribution in [0.5, 0.6) is 0 Å². The van der Waals surface area contributed by atoms with Gasteiger partial charge in [-0.15, -0.1) is 0 Å². The van der Waals surface area contributed by atoms with Crippen LogP contribution in [0, 0.1) is 0 Å². The molecule has 0 unspecified atom stereocenters. The number of nitrogens with zero attached hydrogens (tertiary/aromatic N) is 1. The highest BCUT2D eigenvalue weighted by molar-refractivity contribution is 7.90. The largest absolute Gasteiger partial charge is 0.369 e. The number of carbonyl (C=O) groups excluding carboxylic acids is 1. The smallest absolute Gasteiger partial charge is 0.253 e. The maximum Gasteiger partial charge on any atom is 0.253 e. The number of thiophene rings is 1. The predicted octanol–water partition coefficient (Wildman–Crippen LogP) is 3.21. The van der Waals surface area contributed by atoms with E-state index in [1.54, 1.807) is 29.5 Å². The average Bonchev–Trinajstić information content (AvgIpc) is 3.33. The number of nitrogen functional groups attached to an aromatic ring is 1.